The Hall–Kier alpha value is -2.68. The van der Waals surface area contributed by atoms with Crippen molar-refractivity contribution in [1.29, 1.82) is 0 Å². The molecule has 190 valence electrons. The Morgan fingerprint density at radius 3 is 2.46 bits per heavy atom. The van der Waals surface area contributed by atoms with E-state index in [9.17, 15) is 19.1 Å². The highest BCUT2D eigenvalue weighted by molar-refractivity contribution is 6.30. The van der Waals surface area contributed by atoms with Gasteiger partial charge in [0.05, 0.1) is 6.61 Å². The molecule has 0 unspecified atom stereocenters. The molecule has 0 spiro atoms. The average Bonchev–Trinajstić information content (AvgIpc) is 2.80. The first-order valence-corrected chi connectivity index (χ1v) is 11.9. The van der Waals surface area contributed by atoms with Crippen LogP contribution >= 0.6 is 11.6 Å². The van der Waals surface area contributed by atoms with E-state index in [1.807, 2.05) is 11.8 Å². The molecule has 1 aliphatic rings. The zero-order valence-electron chi connectivity index (χ0n) is 20.5. The number of halogens is 2. The van der Waals surface area contributed by atoms with Crippen LogP contribution in [0, 0.1) is 5.82 Å². The number of hydrogen-bond acceptors (Lipinski definition) is 5. The molecule has 0 aromatic heterocycles. The summed E-state index contributed by atoms with van der Waals surface area (Å²) in [5, 5.41) is 9.72. The van der Waals surface area contributed by atoms with Crippen LogP contribution < -0.4 is 4.74 Å². The number of nitrogens with zero attached hydrogens (tertiary/aromatic N) is 2. The molecule has 0 radical (unpaired) electrons. The minimum atomic E-state index is -1.38. The zero-order chi connectivity index (χ0) is 25.8. The van der Waals surface area contributed by atoms with Crippen LogP contribution in [0.4, 0.5) is 4.39 Å². The van der Waals surface area contributed by atoms with Crippen LogP contribution in [0.25, 0.3) is 0 Å². The van der Waals surface area contributed by atoms with Crippen LogP contribution in [0.5, 0.6) is 5.75 Å². The van der Waals surface area contributed by atoms with Gasteiger partial charge < -0.3 is 19.5 Å². The van der Waals surface area contributed by atoms with E-state index in [0.717, 1.165) is 5.56 Å². The molecule has 1 aliphatic heterocycles. The summed E-state index contributed by atoms with van der Waals surface area (Å²) in [5.41, 5.74) is 0.205. The van der Waals surface area contributed by atoms with Gasteiger partial charge in [-0.15, -0.1) is 0 Å². The fourth-order valence-corrected chi connectivity index (χ4v) is 4.13. The highest BCUT2D eigenvalue weighted by atomic mass is 35.5. The first-order valence-electron chi connectivity index (χ1n) is 11.5. The highest BCUT2D eigenvalue weighted by Gasteiger charge is 2.32. The van der Waals surface area contributed by atoms with Gasteiger partial charge in [-0.2, -0.15) is 0 Å². The Morgan fingerprint density at radius 2 is 1.80 bits per heavy atom. The lowest BCUT2D eigenvalue weighted by Gasteiger charge is -2.44. The SMILES string of the molecule is C[C@@H]1CN(Cc2ccc(F)cc2)[C@@H](C)CN1C(=O)COc1ccc(Cl)cc1COC(C)(C)C(=O)O. The van der Waals surface area contributed by atoms with Gasteiger partial charge >= 0.3 is 5.97 Å². The quantitative estimate of drug-likeness (QED) is 0.544. The molecular formula is C26H32ClFN2O5. The maximum absolute atomic E-state index is 13.2. The minimum Gasteiger partial charge on any atom is -0.483 e. The summed E-state index contributed by atoms with van der Waals surface area (Å²) in [6.45, 7) is 8.72. The van der Waals surface area contributed by atoms with Gasteiger partial charge in [-0.05, 0) is 63.6 Å². The molecule has 1 heterocycles. The predicted octanol–water partition coefficient (Wildman–Crippen LogP) is 4.36. The maximum Gasteiger partial charge on any atom is 0.335 e. The zero-order valence-corrected chi connectivity index (χ0v) is 21.2. The van der Waals surface area contributed by atoms with E-state index in [2.05, 4.69) is 11.8 Å². The van der Waals surface area contributed by atoms with Crippen molar-refractivity contribution < 1.29 is 28.6 Å². The van der Waals surface area contributed by atoms with Crippen molar-refractivity contribution >= 4 is 23.5 Å². The third-order valence-electron chi connectivity index (χ3n) is 6.21. The number of carboxylic acids is 1. The number of hydrogen-bond donors (Lipinski definition) is 1. The van der Waals surface area contributed by atoms with Crippen molar-refractivity contribution in [1.82, 2.24) is 9.80 Å². The van der Waals surface area contributed by atoms with Crippen LogP contribution in [-0.2, 0) is 27.5 Å². The molecule has 2 aromatic carbocycles. The molecule has 7 nitrogen and oxygen atoms in total. The van der Waals surface area contributed by atoms with Gasteiger partial charge in [-0.1, -0.05) is 23.7 Å². The molecule has 0 bridgehead atoms. The third-order valence-corrected chi connectivity index (χ3v) is 6.45. The summed E-state index contributed by atoms with van der Waals surface area (Å²) in [6.07, 6.45) is 0. The molecular weight excluding hydrogens is 475 g/mol. The van der Waals surface area contributed by atoms with E-state index in [0.29, 0.717) is 36.0 Å². The monoisotopic (exact) mass is 506 g/mol. The van der Waals surface area contributed by atoms with Crippen LogP contribution in [0.2, 0.25) is 5.02 Å². The van der Waals surface area contributed by atoms with E-state index in [1.54, 1.807) is 30.3 Å². The van der Waals surface area contributed by atoms with E-state index in [-0.39, 0.29) is 37.0 Å². The first kappa shape index (κ1) is 26.9. The van der Waals surface area contributed by atoms with E-state index >= 15 is 0 Å². The number of carbonyl (C=O) groups excluding carboxylic acids is 1. The molecule has 1 fully saturated rings. The second-order valence-corrected chi connectivity index (χ2v) is 9.88. The molecule has 1 amide bonds. The van der Waals surface area contributed by atoms with Crippen LogP contribution in [0.3, 0.4) is 0 Å². The largest absolute Gasteiger partial charge is 0.483 e. The highest BCUT2D eigenvalue weighted by Crippen LogP contribution is 2.26. The topological polar surface area (TPSA) is 79.3 Å². The van der Waals surface area contributed by atoms with E-state index in [1.165, 1.54) is 26.0 Å². The van der Waals surface area contributed by atoms with E-state index in [4.69, 9.17) is 21.1 Å². The third kappa shape index (κ3) is 7.16. The number of carbonyl (C=O) groups is 2. The number of amides is 1. The van der Waals surface area contributed by atoms with Crippen LogP contribution in [0.15, 0.2) is 42.5 Å². The predicted molar refractivity (Wildman–Crippen MR) is 131 cm³/mol. The number of ether oxygens (including phenoxy) is 2. The fourth-order valence-electron chi connectivity index (χ4n) is 3.93. The molecule has 0 saturated carbocycles. The lowest BCUT2D eigenvalue weighted by Crippen LogP contribution is -2.58. The first-order chi connectivity index (χ1) is 16.5. The summed E-state index contributed by atoms with van der Waals surface area (Å²) in [6, 6.07) is 11.5. The molecule has 2 aromatic rings. The van der Waals surface area contributed by atoms with Gasteiger partial charge in [0.15, 0.2) is 12.2 Å². The van der Waals surface area contributed by atoms with Crippen molar-refractivity contribution in [2.45, 2.75) is 58.5 Å². The van der Waals surface area contributed by atoms with Crippen molar-refractivity contribution in [3.8, 4) is 5.75 Å². The number of carboxylic acid groups (broad SMARTS) is 1. The Balaban J connectivity index is 1.59. The number of rotatable bonds is 9. The van der Waals surface area contributed by atoms with Crippen molar-refractivity contribution in [2.75, 3.05) is 19.7 Å². The normalized spacial score (nSPS) is 19.0. The standard InChI is InChI=1S/C26H32ClFN2O5/c1-17-13-30(18(2)12-29(17)14-19-5-8-22(28)9-6-19)24(31)16-34-23-10-7-21(27)11-20(23)15-35-26(3,4)25(32)33/h5-11,17-18H,12-16H2,1-4H3,(H,32,33)/t17-,18+/m0/s1. The lowest BCUT2D eigenvalue weighted by molar-refractivity contribution is -0.162. The van der Waals surface area contributed by atoms with E-state index < -0.39 is 11.6 Å². The number of aliphatic carboxylic acids is 1. The Bertz CT molecular complexity index is 1050. The summed E-state index contributed by atoms with van der Waals surface area (Å²) in [7, 11) is 0. The van der Waals surface area contributed by atoms with Crippen molar-refractivity contribution in [3.63, 3.8) is 0 Å². The van der Waals surface area contributed by atoms with Gasteiger partial charge in [-0.3, -0.25) is 9.69 Å². The van der Waals surface area contributed by atoms with Gasteiger partial charge in [0.2, 0.25) is 0 Å². The Morgan fingerprint density at radius 1 is 1.11 bits per heavy atom. The molecule has 35 heavy (non-hydrogen) atoms. The maximum atomic E-state index is 13.2. The van der Waals surface area contributed by atoms with Crippen molar-refractivity contribution in [3.05, 3.63) is 64.4 Å². The molecule has 9 heteroatoms. The smallest absolute Gasteiger partial charge is 0.335 e. The molecule has 1 saturated heterocycles. The summed E-state index contributed by atoms with van der Waals surface area (Å²) in [5.74, 6) is -1.07. The Kier molecular flexibility index (Phi) is 8.74. The van der Waals surface area contributed by atoms with Crippen LogP contribution in [0.1, 0.15) is 38.8 Å². The second-order valence-electron chi connectivity index (χ2n) is 9.44. The molecule has 1 N–H and O–H groups in total. The van der Waals surface area contributed by atoms with Gasteiger partial charge in [0, 0.05) is 42.3 Å². The van der Waals surface area contributed by atoms with Gasteiger partial charge in [0.1, 0.15) is 11.6 Å². The lowest BCUT2D eigenvalue weighted by atomic mass is 10.1. The summed E-state index contributed by atoms with van der Waals surface area (Å²) < 4.78 is 24.6. The fraction of sp³-hybridized carbons (Fsp3) is 0.462. The summed E-state index contributed by atoms with van der Waals surface area (Å²) >= 11 is 6.10. The average molecular weight is 507 g/mol. The van der Waals surface area contributed by atoms with Gasteiger partial charge in [-0.25, -0.2) is 9.18 Å². The van der Waals surface area contributed by atoms with Gasteiger partial charge in [0.25, 0.3) is 5.91 Å². The summed E-state index contributed by atoms with van der Waals surface area (Å²) in [4.78, 5) is 28.4. The molecule has 2 atom stereocenters. The Labute approximate surface area is 210 Å². The van der Waals surface area contributed by atoms with Crippen molar-refractivity contribution in [2.24, 2.45) is 0 Å². The number of piperazine rings is 1. The van der Waals surface area contributed by atoms with Crippen LogP contribution in [-0.4, -0.2) is 64.2 Å². The second kappa shape index (κ2) is 11.4. The molecule has 0 aliphatic carbocycles. The molecule has 3 rings (SSSR count). The number of benzene rings is 2. The minimum absolute atomic E-state index is 0.0212.